The first kappa shape index (κ1) is 17.4. The second-order valence-electron chi connectivity index (χ2n) is 6.63. The molecule has 2 saturated heterocycles. The lowest BCUT2D eigenvalue weighted by Crippen LogP contribution is -2.50. The van der Waals surface area contributed by atoms with Gasteiger partial charge in [0, 0.05) is 32.2 Å². The highest BCUT2D eigenvalue weighted by Crippen LogP contribution is 2.33. The lowest BCUT2D eigenvalue weighted by Gasteiger charge is -2.39. The van der Waals surface area contributed by atoms with Crippen molar-refractivity contribution in [3.63, 3.8) is 0 Å². The number of benzene rings is 1. The van der Waals surface area contributed by atoms with Crippen molar-refractivity contribution in [1.29, 1.82) is 0 Å². The van der Waals surface area contributed by atoms with E-state index in [0.29, 0.717) is 24.8 Å². The van der Waals surface area contributed by atoms with E-state index in [-0.39, 0.29) is 10.9 Å². The third kappa shape index (κ3) is 3.10. The molecule has 8 nitrogen and oxygen atoms in total. The molecule has 0 radical (unpaired) electrons. The first-order valence-electron chi connectivity index (χ1n) is 8.71. The number of ether oxygens (including phenoxy) is 2. The molecule has 9 heteroatoms. The number of nitrogens with zero attached hydrogens (tertiary/aromatic N) is 4. The Labute approximate surface area is 152 Å². The van der Waals surface area contributed by atoms with Crippen molar-refractivity contribution in [2.24, 2.45) is 0 Å². The van der Waals surface area contributed by atoms with Gasteiger partial charge in [-0.2, -0.15) is 4.31 Å². The highest BCUT2D eigenvalue weighted by molar-refractivity contribution is 7.89. The molecule has 2 aromatic rings. The fourth-order valence-electron chi connectivity index (χ4n) is 3.47. The number of sulfonamides is 1. The van der Waals surface area contributed by atoms with Crippen molar-refractivity contribution in [2.75, 3.05) is 33.4 Å². The van der Waals surface area contributed by atoms with Gasteiger partial charge in [-0.15, -0.1) is 10.2 Å². The van der Waals surface area contributed by atoms with Crippen LogP contribution in [0.2, 0.25) is 0 Å². The van der Waals surface area contributed by atoms with Gasteiger partial charge in [-0.1, -0.05) is 0 Å². The van der Waals surface area contributed by atoms with Gasteiger partial charge in [-0.05, 0) is 37.1 Å². The lowest BCUT2D eigenvalue weighted by atomic mass is 9.98. The third-order valence-electron chi connectivity index (χ3n) is 5.11. The van der Waals surface area contributed by atoms with E-state index >= 15 is 0 Å². The Morgan fingerprint density at radius 2 is 1.85 bits per heavy atom. The molecule has 4 rings (SSSR count). The van der Waals surface area contributed by atoms with Crippen molar-refractivity contribution in [3.8, 4) is 5.75 Å². The predicted molar refractivity (Wildman–Crippen MR) is 93.6 cm³/mol. The summed E-state index contributed by atoms with van der Waals surface area (Å²) < 4.78 is 39.5. The maximum Gasteiger partial charge on any atom is 0.243 e. The summed E-state index contributed by atoms with van der Waals surface area (Å²) in [5.74, 6) is 1.91. The van der Waals surface area contributed by atoms with E-state index in [9.17, 15) is 8.42 Å². The molecule has 0 bridgehead atoms. The highest BCUT2D eigenvalue weighted by atomic mass is 32.2. The summed E-state index contributed by atoms with van der Waals surface area (Å²) in [6.07, 6.45) is 3.57. The largest absolute Gasteiger partial charge is 0.497 e. The first-order chi connectivity index (χ1) is 12.6. The number of hydrogen-bond donors (Lipinski definition) is 0. The maximum atomic E-state index is 12.7. The minimum Gasteiger partial charge on any atom is -0.497 e. The van der Waals surface area contributed by atoms with Crippen molar-refractivity contribution < 1.29 is 17.9 Å². The Balaban J connectivity index is 1.46. The monoisotopic (exact) mass is 378 g/mol. The zero-order valence-electron chi connectivity index (χ0n) is 14.6. The molecular weight excluding hydrogens is 356 g/mol. The number of methoxy groups -OCH3 is 1. The Kier molecular flexibility index (Phi) is 4.68. The summed E-state index contributed by atoms with van der Waals surface area (Å²) in [4.78, 5) is 0.283. The Hall–Kier alpha value is -1.97. The van der Waals surface area contributed by atoms with E-state index in [1.165, 1.54) is 4.31 Å². The average molecular weight is 378 g/mol. The van der Waals surface area contributed by atoms with Gasteiger partial charge in [-0.25, -0.2) is 8.42 Å². The molecule has 2 aliphatic rings. The summed E-state index contributed by atoms with van der Waals surface area (Å²) in [6, 6.07) is 6.55. The Bertz CT molecular complexity index is 853. The first-order valence-corrected chi connectivity index (χ1v) is 10.1. The molecule has 26 heavy (non-hydrogen) atoms. The van der Waals surface area contributed by atoms with Crippen LogP contribution in [0.4, 0.5) is 0 Å². The molecule has 0 N–H and O–H groups in total. The van der Waals surface area contributed by atoms with Crippen LogP contribution in [0.25, 0.3) is 0 Å². The van der Waals surface area contributed by atoms with Crippen LogP contribution in [-0.2, 0) is 14.8 Å². The molecule has 140 valence electrons. The van der Waals surface area contributed by atoms with Gasteiger partial charge in [0.1, 0.15) is 17.9 Å². The van der Waals surface area contributed by atoms with Gasteiger partial charge in [0.15, 0.2) is 0 Å². The van der Waals surface area contributed by atoms with Gasteiger partial charge in [-0.3, -0.25) is 0 Å². The van der Waals surface area contributed by atoms with Crippen LogP contribution >= 0.6 is 0 Å². The summed E-state index contributed by atoms with van der Waals surface area (Å²) in [6.45, 7) is 2.34. The normalized spacial score (nSPS) is 20.0. The van der Waals surface area contributed by atoms with Crippen LogP contribution in [0, 0.1) is 0 Å². The second kappa shape index (κ2) is 6.98. The van der Waals surface area contributed by atoms with Crippen molar-refractivity contribution in [1.82, 2.24) is 19.1 Å². The van der Waals surface area contributed by atoms with E-state index in [2.05, 4.69) is 10.2 Å². The van der Waals surface area contributed by atoms with Gasteiger partial charge in [0.05, 0.1) is 18.0 Å². The molecule has 0 saturated carbocycles. The summed E-state index contributed by atoms with van der Waals surface area (Å²) in [7, 11) is -1.93. The lowest BCUT2D eigenvalue weighted by molar-refractivity contribution is 0.0811. The van der Waals surface area contributed by atoms with Gasteiger partial charge < -0.3 is 14.0 Å². The van der Waals surface area contributed by atoms with E-state index in [1.54, 1.807) is 37.7 Å². The number of hydrogen-bond acceptors (Lipinski definition) is 6. The minimum atomic E-state index is -3.49. The number of rotatable bonds is 5. The smallest absolute Gasteiger partial charge is 0.243 e. The standard InChI is InChI=1S/C17H22N4O4S/c1-24-15-2-4-16(5-3-15)26(22,23)20-10-14(11-20)21-12-18-19-17(21)13-6-8-25-9-7-13/h2-5,12-14H,6-11H2,1H3. The molecule has 0 aliphatic carbocycles. The molecule has 0 atom stereocenters. The SMILES string of the molecule is COc1ccc(S(=O)(=O)N2CC(n3cnnc3C3CCOCC3)C2)cc1. The second-order valence-corrected chi connectivity index (χ2v) is 8.57. The third-order valence-corrected chi connectivity index (χ3v) is 6.95. The topological polar surface area (TPSA) is 86.6 Å². The zero-order chi connectivity index (χ0) is 18.1. The van der Waals surface area contributed by atoms with Crippen molar-refractivity contribution in [3.05, 3.63) is 36.4 Å². The Morgan fingerprint density at radius 1 is 1.15 bits per heavy atom. The molecule has 1 aromatic heterocycles. The van der Waals surface area contributed by atoms with E-state index in [4.69, 9.17) is 9.47 Å². The quantitative estimate of drug-likeness (QED) is 0.782. The molecule has 1 aromatic carbocycles. The zero-order valence-corrected chi connectivity index (χ0v) is 15.4. The van der Waals surface area contributed by atoms with Crippen molar-refractivity contribution >= 4 is 10.0 Å². The Morgan fingerprint density at radius 3 is 2.50 bits per heavy atom. The van der Waals surface area contributed by atoms with Crippen LogP contribution in [0.15, 0.2) is 35.5 Å². The molecule has 0 amide bonds. The fourth-order valence-corrected chi connectivity index (χ4v) is 4.98. The summed E-state index contributed by atoms with van der Waals surface area (Å²) in [5, 5.41) is 8.34. The van der Waals surface area contributed by atoms with Crippen LogP contribution in [0.3, 0.4) is 0 Å². The van der Waals surface area contributed by atoms with E-state index in [0.717, 1.165) is 31.9 Å². The molecule has 3 heterocycles. The van der Waals surface area contributed by atoms with E-state index in [1.807, 2.05) is 4.57 Å². The average Bonchev–Trinajstić information content (AvgIpc) is 3.10. The number of aromatic nitrogens is 3. The van der Waals surface area contributed by atoms with Gasteiger partial charge >= 0.3 is 0 Å². The van der Waals surface area contributed by atoms with Gasteiger partial charge in [0.25, 0.3) is 0 Å². The summed E-state index contributed by atoms with van der Waals surface area (Å²) in [5.41, 5.74) is 0. The minimum absolute atomic E-state index is 0.0795. The van der Waals surface area contributed by atoms with Crippen LogP contribution in [0.1, 0.15) is 30.6 Å². The predicted octanol–water partition coefficient (Wildman–Crippen LogP) is 1.43. The molecule has 0 spiro atoms. The van der Waals surface area contributed by atoms with Crippen molar-refractivity contribution in [2.45, 2.75) is 29.7 Å². The molecule has 0 unspecified atom stereocenters. The van der Waals surface area contributed by atoms with Gasteiger partial charge in [0.2, 0.25) is 10.0 Å². The van der Waals surface area contributed by atoms with Crippen LogP contribution < -0.4 is 4.74 Å². The molecule has 2 aliphatic heterocycles. The van der Waals surface area contributed by atoms with Crippen LogP contribution in [0.5, 0.6) is 5.75 Å². The molecular formula is C17H22N4O4S. The molecule has 2 fully saturated rings. The summed E-state index contributed by atoms with van der Waals surface area (Å²) >= 11 is 0. The fraction of sp³-hybridized carbons (Fsp3) is 0.529. The highest BCUT2D eigenvalue weighted by Gasteiger charge is 2.39. The maximum absolute atomic E-state index is 12.7. The van der Waals surface area contributed by atoms with E-state index < -0.39 is 10.0 Å². The van der Waals surface area contributed by atoms with Crippen LogP contribution in [-0.4, -0.2) is 60.9 Å².